The van der Waals surface area contributed by atoms with Gasteiger partial charge in [-0.1, -0.05) is 45.4 Å². The second kappa shape index (κ2) is 11.2. The summed E-state index contributed by atoms with van der Waals surface area (Å²) in [6, 6.07) is 0.711. The fourth-order valence-electron chi connectivity index (χ4n) is 1.94. The monoisotopic (exact) mass is 262 g/mol. The van der Waals surface area contributed by atoms with Gasteiger partial charge in [-0.15, -0.1) is 0 Å². The molecular formula is C13H30O3Si. The first-order valence-electron chi connectivity index (χ1n) is 7.18. The molecule has 1 N–H and O–H groups in total. The molecule has 0 spiro atoms. The van der Waals surface area contributed by atoms with Gasteiger partial charge in [-0.2, -0.15) is 0 Å². The summed E-state index contributed by atoms with van der Waals surface area (Å²) in [7, 11) is -2.82. The van der Waals surface area contributed by atoms with Crippen molar-refractivity contribution >= 4 is 8.80 Å². The van der Waals surface area contributed by atoms with Gasteiger partial charge in [-0.05, 0) is 20.3 Å². The molecule has 0 saturated heterocycles. The van der Waals surface area contributed by atoms with Gasteiger partial charge in [-0.3, -0.25) is 0 Å². The zero-order valence-electron chi connectivity index (χ0n) is 11.8. The van der Waals surface area contributed by atoms with Crippen molar-refractivity contribution in [3.63, 3.8) is 0 Å². The van der Waals surface area contributed by atoms with Gasteiger partial charge in [0.2, 0.25) is 0 Å². The van der Waals surface area contributed by atoms with Crippen molar-refractivity contribution in [1.29, 1.82) is 0 Å². The van der Waals surface area contributed by atoms with Crippen LogP contribution in [-0.4, -0.2) is 26.8 Å². The third-order valence-corrected chi connectivity index (χ3v) is 5.30. The Kier molecular flexibility index (Phi) is 11.3. The van der Waals surface area contributed by atoms with E-state index in [1.165, 1.54) is 38.5 Å². The van der Waals surface area contributed by atoms with E-state index in [2.05, 4.69) is 6.92 Å². The maximum Gasteiger partial charge on any atom is 0.498 e. The average Bonchev–Trinajstić information content (AvgIpc) is 2.28. The second-order valence-electron chi connectivity index (χ2n) is 4.45. The van der Waals surface area contributed by atoms with E-state index in [1.54, 1.807) is 0 Å². The molecule has 0 amide bonds. The van der Waals surface area contributed by atoms with Crippen LogP contribution in [0.1, 0.15) is 65.7 Å². The van der Waals surface area contributed by atoms with Gasteiger partial charge in [-0.25, -0.2) is 0 Å². The minimum absolute atomic E-state index is 0.541. The third-order valence-electron chi connectivity index (χ3n) is 2.84. The Bertz CT molecular complexity index is 159. The molecule has 0 aromatic heterocycles. The van der Waals surface area contributed by atoms with Crippen molar-refractivity contribution in [1.82, 2.24) is 0 Å². The minimum atomic E-state index is -2.82. The van der Waals surface area contributed by atoms with Crippen LogP contribution in [-0.2, 0) is 8.85 Å². The molecule has 0 rings (SSSR count). The molecule has 0 aliphatic heterocycles. The van der Waals surface area contributed by atoms with Crippen molar-refractivity contribution in [2.24, 2.45) is 0 Å². The Morgan fingerprint density at radius 1 is 0.765 bits per heavy atom. The van der Waals surface area contributed by atoms with Gasteiger partial charge >= 0.3 is 8.80 Å². The summed E-state index contributed by atoms with van der Waals surface area (Å²) in [5.74, 6) is 0. The summed E-state index contributed by atoms with van der Waals surface area (Å²) in [5.41, 5.74) is 0. The molecule has 104 valence electrons. The molecule has 4 heteroatoms. The molecule has 0 saturated carbocycles. The van der Waals surface area contributed by atoms with E-state index in [-0.39, 0.29) is 0 Å². The Balaban J connectivity index is 3.54. The Labute approximate surface area is 108 Å². The van der Waals surface area contributed by atoms with Gasteiger partial charge in [0.1, 0.15) is 0 Å². The highest BCUT2D eigenvalue weighted by Gasteiger charge is 2.35. The highest BCUT2D eigenvalue weighted by atomic mass is 28.4. The fraction of sp³-hybridized carbons (Fsp3) is 1.00. The lowest BCUT2D eigenvalue weighted by molar-refractivity contribution is 0.107. The molecule has 0 atom stereocenters. The summed E-state index contributed by atoms with van der Waals surface area (Å²) in [4.78, 5) is 10.1. The minimum Gasteiger partial charge on any atom is -0.390 e. The number of unbranched alkanes of at least 4 members (excludes halogenated alkanes) is 6. The van der Waals surface area contributed by atoms with Crippen LogP contribution in [0.25, 0.3) is 0 Å². The SMILES string of the molecule is CCCCCCCCC[Si](O)(OCC)OCC. The largest absolute Gasteiger partial charge is 0.498 e. The first kappa shape index (κ1) is 17.1. The molecule has 0 radical (unpaired) electrons. The lowest BCUT2D eigenvalue weighted by Gasteiger charge is -2.22. The first-order chi connectivity index (χ1) is 8.18. The summed E-state index contributed by atoms with van der Waals surface area (Å²) in [6.07, 6.45) is 8.76. The van der Waals surface area contributed by atoms with Crippen LogP contribution < -0.4 is 0 Å². The molecular weight excluding hydrogens is 232 g/mol. The number of rotatable bonds is 12. The summed E-state index contributed by atoms with van der Waals surface area (Å²) >= 11 is 0. The molecule has 0 aromatic carbocycles. The van der Waals surface area contributed by atoms with Gasteiger partial charge < -0.3 is 13.6 Å². The predicted molar refractivity (Wildman–Crippen MR) is 74.0 cm³/mol. The zero-order valence-corrected chi connectivity index (χ0v) is 12.8. The highest BCUT2D eigenvalue weighted by Crippen LogP contribution is 2.16. The van der Waals surface area contributed by atoms with E-state index < -0.39 is 8.80 Å². The second-order valence-corrected chi connectivity index (χ2v) is 6.95. The van der Waals surface area contributed by atoms with Crippen LogP contribution in [0.15, 0.2) is 0 Å². The molecule has 0 unspecified atom stereocenters. The average molecular weight is 262 g/mol. The Hall–Kier alpha value is 0.0969. The van der Waals surface area contributed by atoms with Crippen LogP contribution in [0, 0.1) is 0 Å². The number of hydrogen-bond acceptors (Lipinski definition) is 3. The maximum absolute atomic E-state index is 10.1. The molecule has 0 aliphatic rings. The summed E-state index contributed by atoms with van der Waals surface area (Å²) in [6.45, 7) is 7.12. The molecule has 0 heterocycles. The van der Waals surface area contributed by atoms with Crippen molar-refractivity contribution in [2.75, 3.05) is 13.2 Å². The summed E-state index contributed by atoms with van der Waals surface area (Å²) < 4.78 is 10.8. The van der Waals surface area contributed by atoms with Gasteiger partial charge in [0, 0.05) is 19.3 Å². The van der Waals surface area contributed by atoms with Crippen molar-refractivity contribution < 1.29 is 13.6 Å². The van der Waals surface area contributed by atoms with Crippen molar-refractivity contribution in [3.05, 3.63) is 0 Å². The molecule has 17 heavy (non-hydrogen) atoms. The molecule has 0 aliphatic carbocycles. The van der Waals surface area contributed by atoms with Crippen LogP contribution in [0.4, 0.5) is 0 Å². The highest BCUT2D eigenvalue weighted by molar-refractivity contribution is 6.59. The van der Waals surface area contributed by atoms with Gasteiger partial charge in [0.05, 0.1) is 0 Å². The standard InChI is InChI=1S/C13H30O3Si/c1-4-7-8-9-10-11-12-13-17(14,15-5-2)16-6-3/h14H,4-13H2,1-3H3. The first-order valence-corrected chi connectivity index (χ1v) is 9.15. The number of hydrogen-bond donors (Lipinski definition) is 1. The van der Waals surface area contributed by atoms with Crippen LogP contribution in [0.2, 0.25) is 6.04 Å². The molecule has 0 aromatic rings. The maximum atomic E-state index is 10.1. The van der Waals surface area contributed by atoms with Crippen molar-refractivity contribution in [2.45, 2.75) is 71.8 Å². The topological polar surface area (TPSA) is 38.7 Å². The Morgan fingerprint density at radius 3 is 1.71 bits per heavy atom. The van der Waals surface area contributed by atoms with Gasteiger partial charge in [0.15, 0.2) is 0 Å². The fourth-order valence-corrected chi connectivity index (χ4v) is 3.91. The third kappa shape index (κ3) is 9.77. The van der Waals surface area contributed by atoms with E-state index >= 15 is 0 Å². The molecule has 3 nitrogen and oxygen atoms in total. The van der Waals surface area contributed by atoms with Gasteiger partial charge in [0.25, 0.3) is 0 Å². The van der Waals surface area contributed by atoms with Crippen LogP contribution in [0.3, 0.4) is 0 Å². The normalized spacial score (nSPS) is 12.0. The van der Waals surface area contributed by atoms with Crippen molar-refractivity contribution in [3.8, 4) is 0 Å². The van der Waals surface area contributed by atoms with E-state index in [9.17, 15) is 4.80 Å². The van der Waals surface area contributed by atoms with E-state index in [4.69, 9.17) is 8.85 Å². The predicted octanol–water partition coefficient (Wildman–Crippen LogP) is 3.74. The van der Waals surface area contributed by atoms with E-state index in [0.717, 1.165) is 6.42 Å². The van der Waals surface area contributed by atoms with E-state index in [1.807, 2.05) is 13.8 Å². The van der Waals surface area contributed by atoms with Crippen LogP contribution in [0.5, 0.6) is 0 Å². The quantitative estimate of drug-likeness (QED) is 0.430. The molecule has 0 fully saturated rings. The lowest BCUT2D eigenvalue weighted by atomic mass is 10.1. The molecule has 0 bridgehead atoms. The lowest BCUT2D eigenvalue weighted by Crippen LogP contribution is -2.42. The Morgan fingerprint density at radius 2 is 1.24 bits per heavy atom. The van der Waals surface area contributed by atoms with Crippen LogP contribution >= 0.6 is 0 Å². The summed E-state index contributed by atoms with van der Waals surface area (Å²) in [5, 5.41) is 0. The zero-order chi connectivity index (χ0) is 13.0. The smallest absolute Gasteiger partial charge is 0.390 e. The van der Waals surface area contributed by atoms with E-state index in [0.29, 0.717) is 19.3 Å².